The van der Waals surface area contributed by atoms with Gasteiger partial charge in [0.2, 0.25) is 5.91 Å². The van der Waals surface area contributed by atoms with Gasteiger partial charge in [-0.15, -0.1) is 11.3 Å². The van der Waals surface area contributed by atoms with Gasteiger partial charge >= 0.3 is 0 Å². The van der Waals surface area contributed by atoms with Crippen LogP contribution < -0.4 is 15.5 Å². The van der Waals surface area contributed by atoms with E-state index in [1.54, 1.807) is 11.3 Å². The van der Waals surface area contributed by atoms with Crippen molar-refractivity contribution in [3.8, 4) is 0 Å². The highest BCUT2D eigenvalue weighted by Crippen LogP contribution is 2.33. The maximum absolute atomic E-state index is 12.1. The van der Waals surface area contributed by atoms with E-state index in [0.717, 1.165) is 67.5 Å². The second-order valence-electron chi connectivity index (χ2n) is 7.19. The Hall–Kier alpha value is -1.77. The molecular formula is C18H26N5O2S+. The molecule has 1 saturated carbocycles. The van der Waals surface area contributed by atoms with Crippen molar-refractivity contribution in [3.63, 3.8) is 0 Å². The van der Waals surface area contributed by atoms with Crippen molar-refractivity contribution in [3.05, 3.63) is 16.3 Å². The minimum atomic E-state index is 0.0317. The molecule has 8 heteroatoms. The monoisotopic (exact) mass is 376 g/mol. The number of nitrogens with one attached hydrogen (secondary N) is 3. The summed E-state index contributed by atoms with van der Waals surface area (Å²) in [5.74, 6) is 1.65. The molecule has 2 fully saturated rings. The summed E-state index contributed by atoms with van der Waals surface area (Å²) in [6, 6.07) is 0.375. The van der Waals surface area contributed by atoms with E-state index in [2.05, 4.69) is 24.5 Å². The molecule has 4 rings (SSSR count). The van der Waals surface area contributed by atoms with E-state index in [-0.39, 0.29) is 12.5 Å². The Bertz CT molecular complexity index is 812. The van der Waals surface area contributed by atoms with Gasteiger partial charge in [0.05, 0.1) is 25.1 Å². The molecule has 7 nitrogen and oxygen atoms in total. The molecule has 2 aromatic heterocycles. The lowest BCUT2D eigenvalue weighted by atomic mass is 10.2. The van der Waals surface area contributed by atoms with Crippen molar-refractivity contribution >= 4 is 33.3 Å². The predicted molar refractivity (Wildman–Crippen MR) is 102 cm³/mol. The van der Waals surface area contributed by atoms with E-state index in [1.165, 1.54) is 15.3 Å². The van der Waals surface area contributed by atoms with Gasteiger partial charge in [0, 0.05) is 10.9 Å². The number of quaternary nitrogens is 1. The van der Waals surface area contributed by atoms with Crippen LogP contribution in [0.4, 0.5) is 5.82 Å². The quantitative estimate of drug-likeness (QED) is 0.681. The van der Waals surface area contributed by atoms with Crippen molar-refractivity contribution in [1.82, 2.24) is 15.3 Å². The molecule has 2 aliphatic rings. The molecule has 1 aliphatic heterocycles. The summed E-state index contributed by atoms with van der Waals surface area (Å²) >= 11 is 1.70. The molecule has 26 heavy (non-hydrogen) atoms. The molecule has 1 amide bonds. The Kier molecular flexibility index (Phi) is 5.06. The molecule has 3 heterocycles. The summed E-state index contributed by atoms with van der Waals surface area (Å²) in [4.78, 5) is 25.3. The topological polar surface area (TPSA) is 80.6 Å². The standard InChI is InChI=1S/C18H25N5O2S/c1-11-12(2)26-18-16(11)17(19-9-15(24)20-13-3-4-13)21-14(22-18)10-23-5-7-25-8-6-23/h13H,3-10H2,1-2H3,(H,20,24)(H,19,21,22)/p+1. The fourth-order valence-corrected chi connectivity index (χ4v) is 4.28. The molecule has 0 atom stereocenters. The van der Waals surface area contributed by atoms with Crippen molar-refractivity contribution in [1.29, 1.82) is 0 Å². The number of rotatable bonds is 6. The number of fused-ring (bicyclic) bond motifs is 1. The molecule has 0 spiro atoms. The maximum Gasteiger partial charge on any atom is 0.239 e. The van der Waals surface area contributed by atoms with E-state index in [9.17, 15) is 4.79 Å². The number of hydrogen-bond donors (Lipinski definition) is 3. The van der Waals surface area contributed by atoms with Crippen LogP contribution in [0.5, 0.6) is 0 Å². The summed E-state index contributed by atoms with van der Waals surface area (Å²) in [5.41, 5.74) is 1.19. The number of ether oxygens (including phenoxy) is 1. The number of amides is 1. The predicted octanol–water partition coefficient (Wildman–Crippen LogP) is 0.414. The van der Waals surface area contributed by atoms with Gasteiger partial charge in [-0.05, 0) is 32.3 Å². The number of nitrogens with zero attached hydrogens (tertiary/aromatic N) is 2. The molecule has 2 aromatic rings. The largest absolute Gasteiger partial charge is 0.370 e. The first kappa shape index (κ1) is 17.6. The van der Waals surface area contributed by atoms with Crippen LogP contribution in [0.1, 0.15) is 29.1 Å². The number of thiophene rings is 1. The van der Waals surface area contributed by atoms with E-state index < -0.39 is 0 Å². The summed E-state index contributed by atoms with van der Waals surface area (Å²) in [6.07, 6.45) is 2.19. The van der Waals surface area contributed by atoms with E-state index in [4.69, 9.17) is 14.7 Å². The molecule has 0 radical (unpaired) electrons. The van der Waals surface area contributed by atoms with Crippen LogP contribution in [-0.4, -0.2) is 54.8 Å². The zero-order chi connectivity index (χ0) is 18.1. The van der Waals surface area contributed by atoms with Crippen LogP contribution in [-0.2, 0) is 16.1 Å². The zero-order valence-corrected chi connectivity index (χ0v) is 16.2. The summed E-state index contributed by atoms with van der Waals surface area (Å²) in [6.45, 7) is 8.80. The second kappa shape index (κ2) is 7.46. The second-order valence-corrected chi connectivity index (χ2v) is 8.39. The van der Waals surface area contributed by atoms with E-state index >= 15 is 0 Å². The van der Waals surface area contributed by atoms with Gasteiger partial charge < -0.3 is 20.3 Å². The number of aromatic nitrogens is 2. The van der Waals surface area contributed by atoms with Gasteiger partial charge in [-0.3, -0.25) is 4.79 Å². The van der Waals surface area contributed by atoms with Gasteiger partial charge in [-0.1, -0.05) is 0 Å². The van der Waals surface area contributed by atoms with Gasteiger partial charge in [-0.25, -0.2) is 9.97 Å². The Morgan fingerprint density at radius 2 is 2.04 bits per heavy atom. The lowest BCUT2D eigenvalue weighted by Gasteiger charge is -2.23. The van der Waals surface area contributed by atoms with Crippen LogP contribution in [0.3, 0.4) is 0 Å². The Labute approximate surface area is 157 Å². The highest BCUT2D eigenvalue weighted by Gasteiger charge is 2.24. The number of carbonyl (C=O) groups excluding carboxylic acids is 1. The maximum atomic E-state index is 12.1. The van der Waals surface area contributed by atoms with Gasteiger partial charge in [-0.2, -0.15) is 0 Å². The van der Waals surface area contributed by atoms with E-state index in [0.29, 0.717) is 6.04 Å². The third kappa shape index (κ3) is 3.97. The summed E-state index contributed by atoms with van der Waals surface area (Å²) in [5, 5.41) is 7.32. The molecule has 140 valence electrons. The summed E-state index contributed by atoms with van der Waals surface area (Å²) < 4.78 is 5.44. The number of hydrogen-bond acceptors (Lipinski definition) is 6. The highest BCUT2D eigenvalue weighted by atomic mass is 32.1. The number of aryl methyl sites for hydroxylation is 2. The van der Waals surface area contributed by atoms with Gasteiger partial charge in [0.25, 0.3) is 0 Å². The third-order valence-corrected chi connectivity index (χ3v) is 6.14. The molecule has 0 unspecified atom stereocenters. The minimum Gasteiger partial charge on any atom is -0.370 e. The lowest BCUT2D eigenvalue weighted by Crippen LogP contribution is -3.12. The average molecular weight is 377 g/mol. The number of carbonyl (C=O) groups is 1. The van der Waals surface area contributed by atoms with Crippen LogP contribution in [0, 0.1) is 13.8 Å². The van der Waals surface area contributed by atoms with Crippen molar-refractivity contribution in [2.45, 2.75) is 39.3 Å². The van der Waals surface area contributed by atoms with Crippen molar-refractivity contribution in [2.24, 2.45) is 0 Å². The third-order valence-electron chi connectivity index (χ3n) is 5.04. The first-order valence-corrected chi connectivity index (χ1v) is 10.1. The number of anilines is 1. The molecule has 0 aromatic carbocycles. The van der Waals surface area contributed by atoms with Gasteiger partial charge in [0.1, 0.15) is 30.3 Å². The van der Waals surface area contributed by atoms with Crippen molar-refractivity contribution in [2.75, 3.05) is 38.2 Å². The number of morpholine rings is 1. The van der Waals surface area contributed by atoms with Gasteiger partial charge in [0.15, 0.2) is 5.82 Å². The van der Waals surface area contributed by atoms with Crippen molar-refractivity contribution < 1.29 is 14.4 Å². The van der Waals surface area contributed by atoms with Crippen LogP contribution in [0.25, 0.3) is 10.2 Å². The highest BCUT2D eigenvalue weighted by molar-refractivity contribution is 7.18. The first-order valence-electron chi connectivity index (χ1n) is 9.31. The Balaban J connectivity index is 1.56. The molecule has 1 saturated heterocycles. The first-order chi connectivity index (χ1) is 12.6. The molecule has 3 N–H and O–H groups in total. The Morgan fingerprint density at radius 3 is 2.77 bits per heavy atom. The molecule has 1 aliphatic carbocycles. The average Bonchev–Trinajstić information content (AvgIpc) is 3.39. The van der Waals surface area contributed by atoms with Crippen LogP contribution in [0.15, 0.2) is 0 Å². The lowest BCUT2D eigenvalue weighted by molar-refractivity contribution is -0.922. The fraction of sp³-hybridized carbons (Fsp3) is 0.611. The summed E-state index contributed by atoms with van der Waals surface area (Å²) in [7, 11) is 0. The van der Waals surface area contributed by atoms with Crippen LogP contribution in [0.2, 0.25) is 0 Å². The minimum absolute atomic E-state index is 0.0317. The molecular weight excluding hydrogens is 350 g/mol. The normalized spacial score (nSPS) is 18.2. The van der Waals surface area contributed by atoms with E-state index in [1.807, 2.05) is 0 Å². The zero-order valence-electron chi connectivity index (χ0n) is 15.4. The Morgan fingerprint density at radius 1 is 1.27 bits per heavy atom. The van der Waals surface area contributed by atoms with Crippen LogP contribution >= 0.6 is 11.3 Å². The SMILES string of the molecule is Cc1sc2nc(C[NH+]3CCOCC3)nc(NCC(=O)NC3CC3)c2c1C. The molecule has 0 bridgehead atoms. The fourth-order valence-electron chi connectivity index (χ4n) is 3.23. The smallest absolute Gasteiger partial charge is 0.239 e.